The van der Waals surface area contributed by atoms with Crippen molar-refractivity contribution in [2.24, 2.45) is 7.05 Å². The zero-order valence-electron chi connectivity index (χ0n) is 19.0. The van der Waals surface area contributed by atoms with Gasteiger partial charge in [-0.15, -0.1) is 5.10 Å². The first-order valence-corrected chi connectivity index (χ1v) is 10.8. The molecule has 0 saturated carbocycles. The third kappa shape index (κ3) is 3.42. The van der Waals surface area contributed by atoms with Crippen molar-refractivity contribution in [3.05, 3.63) is 75.3 Å². The molecule has 0 unspecified atom stereocenters. The van der Waals surface area contributed by atoms with E-state index in [-0.39, 0.29) is 5.92 Å². The maximum Gasteiger partial charge on any atom is 0.218 e. The third-order valence-electron chi connectivity index (χ3n) is 5.81. The topological polar surface area (TPSA) is 85.9 Å². The summed E-state index contributed by atoms with van der Waals surface area (Å²) in [5.74, 6) is 0.622. The van der Waals surface area contributed by atoms with Crippen LogP contribution in [0.15, 0.2) is 36.5 Å². The Labute approximate surface area is 192 Å². The first kappa shape index (κ1) is 22.2. The van der Waals surface area contributed by atoms with Gasteiger partial charge in [-0.2, -0.15) is 0 Å². The van der Waals surface area contributed by atoms with E-state index in [1.54, 1.807) is 25.0 Å². The molecule has 7 nitrogen and oxygen atoms in total. The molecule has 0 spiro atoms. The molecule has 8 heteroatoms. The number of hydrogen-bond acceptors (Lipinski definition) is 6. The lowest BCUT2D eigenvalue weighted by Gasteiger charge is -2.30. The summed E-state index contributed by atoms with van der Waals surface area (Å²) in [5, 5.41) is 21.6. The number of hydrogen-bond donors (Lipinski definition) is 1. The highest BCUT2D eigenvalue weighted by molar-refractivity contribution is 6.36. The molecule has 166 valence electrons. The number of halogens is 1. The number of methoxy groups -OCH3 is 1. The number of pyridine rings is 2. The van der Waals surface area contributed by atoms with Crippen LogP contribution in [-0.4, -0.2) is 37.2 Å². The number of aryl methyl sites for hydroxylation is 3. The van der Waals surface area contributed by atoms with E-state index < -0.39 is 5.60 Å². The first-order valence-electron chi connectivity index (χ1n) is 10.4. The number of ether oxygens (including phenoxy) is 1. The standard InChI is InChI=1S/C24H26ClN5O2/c1-13(2)21-22(25)17-11-16(8-10-19(17)28-23(21)32-6)24(31,20-12-26-29-30(20)5)18-9-7-14(3)27-15(18)4/h7-13,31H,1-6H3/t24-/m1/s1. The van der Waals surface area contributed by atoms with Gasteiger partial charge in [-0.1, -0.05) is 42.8 Å². The summed E-state index contributed by atoms with van der Waals surface area (Å²) in [6.45, 7) is 7.89. The second-order valence-corrected chi connectivity index (χ2v) is 8.65. The van der Waals surface area contributed by atoms with Crippen LogP contribution in [0.3, 0.4) is 0 Å². The van der Waals surface area contributed by atoms with Crippen molar-refractivity contribution in [1.82, 2.24) is 25.0 Å². The number of rotatable bonds is 5. The Balaban J connectivity index is 2.05. The zero-order chi connectivity index (χ0) is 23.2. The molecule has 4 aromatic rings. The van der Waals surface area contributed by atoms with Crippen LogP contribution in [0.1, 0.15) is 53.5 Å². The smallest absolute Gasteiger partial charge is 0.218 e. The first-order chi connectivity index (χ1) is 15.2. The molecule has 0 aliphatic heterocycles. The van der Waals surface area contributed by atoms with Gasteiger partial charge in [0.15, 0.2) is 5.60 Å². The summed E-state index contributed by atoms with van der Waals surface area (Å²) in [5.41, 5.74) is 3.35. The molecule has 0 amide bonds. The summed E-state index contributed by atoms with van der Waals surface area (Å²) >= 11 is 6.85. The van der Waals surface area contributed by atoms with Crippen molar-refractivity contribution in [2.45, 2.75) is 39.2 Å². The van der Waals surface area contributed by atoms with Gasteiger partial charge in [-0.05, 0) is 43.5 Å². The van der Waals surface area contributed by atoms with Crippen LogP contribution in [0.2, 0.25) is 5.02 Å². The molecule has 1 aromatic carbocycles. The molecule has 32 heavy (non-hydrogen) atoms. The Morgan fingerprint density at radius 2 is 1.88 bits per heavy atom. The summed E-state index contributed by atoms with van der Waals surface area (Å²) in [6, 6.07) is 9.33. The van der Waals surface area contributed by atoms with Gasteiger partial charge in [0.25, 0.3) is 0 Å². The Hall–Kier alpha value is -3.03. The van der Waals surface area contributed by atoms with Crippen LogP contribution >= 0.6 is 11.6 Å². The van der Waals surface area contributed by atoms with E-state index in [1.165, 1.54) is 0 Å². The van der Waals surface area contributed by atoms with Gasteiger partial charge < -0.3 is 9.84 Å². The van der Waals surface area contributed by atoms with E-state index in [9.17, 15) is 5.11 Å². The van der Waals surface area contributed by atoms with Gasteiger partial charge in [0.2, 0.25) is 5.88 Å². The van der Waals surface area contributed by atoms with E-state index in [1.807, 2.05) is 58.0 Å². The van der Waals surface area contributed by atoms with E-state index in [0.29, 0.717) is 33.2 Å². The van der Waals surface area contributed by atoms with Gasteiger partial charge in [-0.3, -0.25) is 4.98 Å². The minimum atomic E-state index is -1.54. The normalized spacial score (nSPS) is 13.5. The van der Waals surface area contributed by atoms with E-state index in [0.717, 1.165) is 22.3 Å². The fourth-order valence-electron chi connectivity index (χ4n) is 4.23. The molecule has 3 heterocycles. The lowest BCUT2D eigenvalue weighted by Crippen LogP contribution is -2.32. The summed E-state index contributed by atoms with van der Waals surface area (Å²) < 4.78 is 7.06. The maximum absolute atomic E-state index is 12.3. The predicted molar refractivity (Wildman–Crippen MR) is 124 cm³/mol. The lowest BCUT2D eigenvalue weighted by atomic mass is 9.82. The molecule has 4 rings (SSSR count). The number of aliphatic hydroxyl groups is 1. The molecular weight excluding hydrogens is 426 g/mol. The van der Waals surface area contributed by atoms with Crippen LogP contribution < -0.4 is 4.74 Å². The van der Waals surface area contributed by atoms with Crippen molar-refractivity contribution in [2.75, 3.05) is 7.11 Å². The van der Waals surface area contributed by atoms with Crippen molar-refractivity contribution < 1.29 is 9.84 Å². The molecule has 0 aliphatic rings. The van der Waals surface area contributed by atoms with E-state index >= 15 is 0 Å². The third-order valence-corrected chi connectivity index (χ3v) is 6.22. The van der Waals surface area contributed by atoms with Gasteiger partial charge in [0, 0.05) is 34.9 Å². The van der Waals surface area contributed by atoms with Gasteiger partial charge in [0.1, 0.15) is 0 Å². The average molecular weight is 452 g/mol. The van der Waals surface area contributed by atoms with Gasteiger partial charge >= 0.3 is 0 Å². The second-order valence-electron chi connectivity index (χ2n) is 8.27. The minimum absolute atomic E-state index is 0.113. The van der Waals surface area contributed by atoms with Crippen molar-refractivity contribution >= 4 is 22.5 Å². The SMILES string of the molecule is COc1nc2ccc([C@@](O)(c3ccc(C)nc3C)c3cnnn3C)cc2c(Cl)c1C(C)C. The highest BCUT2D eigenvalue weighted by Gasteiger charge is 2.39. The van der Waals surface area contributed by atoms with Crippen molar-refractivity contribution in [3.8, 4) is 5.88 Å². The van der Waals surface area contributed by atoms with E-state index in [2.05, 4.69) is 20.3 Å². The number of nitrogens with zero attached hydrogens (tertiary/aromatic N) is 5. The molecule has 0 saturated heterocycles. The predicted octanol–water partition coefficient (Wildman–Crippen LogP) is 4.44. The highest BCUT2D eigenvalue weighted by atomic mass is 35.5. The number of benzene rings is 1. The summed E-state index contributed by atoms with van der Waals surface area (Å²) in [4.78, 5) is 9.23. The quantitative estimate of drug-likeness (QED) is 0.482. The lowest BCUT2D eigenvalue weighted by molar-refractivity contribution is 0.115. The Kier molecular flexibility index (Phi) is 5.65. The molecular formula is C24H26ClN5O2. The van der Waals surface area contributed by atoms with Crippen molar-refractivity contribution in [3.63, 3.8) is 0 Å². The highest BCUT2D eigenvalue weighted by Crippen LogP contribution is 2.42. The summed E-state index contributed by atoms with van der Waals surface area (Å²) in [7, 11) is 3.34. The average Bonchev–Trinajstić information content (AvgIpc) is 3.19. The summed E-state index contributed by atoms with van der Waals surface area (Å²) in [6.07, 6.45) is 1.57. The maximum atomic E-state index is 12.3. The Morgan fingerprint density at radius 3 is 2.47 bits per heavy atom. The molecule has 1 N–H and O–H groups in total. The Bertz CT molecular complexity index is 1320. The number of fused-ring (bicyclic) bond motifs is 1. The fourth-order valence-corrected chi connectivity index (χ4v) is 4.68. The molecule has 0 radical (unpaired) electrons. The van der Waals surface area contributed by atoms with Gasteiger partial charge in [0.05, 0.1) is 29.5 Å². The fraction of sp³-hybridized carbons (Fsp3) is 0.333. The molecule has 0 aliphatic carbocycles. The van der Waals surface area contributed by atoms with Crippen molar-refractivity contribution in [1.29, 1.82) is 0 Å². The van der Waals surface area contributed by atoms with Crippen LogP contribution in [0.5, 0.6) is 5.88 Å². The largest absolute Gasteiger partial charge is 0.481 e. The van der Waals surface area contributed by atoms with Crippen LogP contribution in [0.4, 0.5) is 0 Å². The Morgan fingerprint density at radius 1 is 1.12 bits per heavy atom. The van der Waals surface area contributed by atoms with Crippen LogP contribution in [0.25, 0.3) is 10.9 Å². The molecule has 1 atom stereocenters. The molecule has 0 bridgehead atoms. The van der Waals surface area contributed by atoms with Gasteiger partial charge in [-0.25, -0.2) is 9.67 Å². The van der Waals surface area contributed by atoms with Crippen LogP contribution in [-0.2, 0) is 12.6 Å². The molecule has 3 aromatic heterocycles. The number of aromatic nitrogens is 5. The molecule has 0 fully saturated rings. The zero-order valence-corrected chi connectivity index (χ0v) is 19.8. The monoisotopic (exact) mass is 451 g/mol. The minimum Gasteiger partial charge on any atom is -0.481 e. The second kappa shape index (κ2) is 8.15. The van der Waals surface area contributed by atoms with Crippen LogP contribution in [0, 0.1) is 13.8 Å². The van der Waals surface area contributed by atoms with E-state index in [4.69, 9.17) is 16.3 Å².